The molecule has 0 spiro atoms. The summed E-state index contributed by atoms with van der Waals surface area (Å²) in [6.07, 6.45) is 5.44. The van der Waals surface area contributed by atoms with Crippen molar-refractivity contribution in [3.05, 3.63) is 23.3 Å². The molecule has 1 aliphatic carbocycles. The molecule has 92 valence electrons. The van der Waals surface area contributed by atoms with E-state index in [1.165, 1.54) is 36.8 Å². The molecule has 1 aliphatic heterocycles. The number of fused-ring (bicyclic) bond motifs is 3. The average Bonchev–Trinajstić information content (AvgIpc) is 2.69. The van der Waals surface area contributed by atoms with Crippen molar-refractivity contribution in [1.82, 2.24) is 0 Å². The molecule has 1 heterocycles. The van der Waals surface area contributed by atoms with E-state index in [4.69, 9.17) is 4.74 Å². The van der Waals surface area contributed by atoms with Gasteiger partial charge >= 0.3 is 0 Å². The lowest BCUT2D eigenvalue weighted by atomic mass is 9.81. The van der Waals surface area contributed by atoms with E-state index in [0.717, 1.165) is 10.6 Å². The molecular weight excluding hydrogens is 248 g/mol. The number of thiol groups is 2. The first-order valence-corrected chi connectivity index (χ1v) is 7.35. The number of benzene rings is 1. The maximum atomic E-state index is 6.12. The van der Waals surface area contributed by atoms with Gasteiger partial charge < -0.3 is 4.74 Å². The molecule has 1 saturated carbocycles. The summed E-state index contributed by atoms with van der Waals surface area (Å²) in [6, 6.07) is 4.21. The van der Waals surface area contributed by atoms with Crippen LogP contribution >= 0.6 is 25.3 Å². The molecule has 1 aromatic rings. The lowest BCUT2D eigenvalue weighted by molar-refractivity contribution is 0.161. The third-order valence-electron chi connectivity index (χ3n) is 4.00. The topological polar surface area (TPSA) is 9.23 Å². The van der Waals surface area contributed by atoms with Crippen LogP contribution in [0.25, 0.3) is 0 Å². The molecule has 17 heavy (non-hydrogen) atoms. The Kier molecular flexibility index (Phi) is 3.07. The maximum absolute atomic E-state index is 6.12. The van der Waals surface area contributed by atoms with Crippen LogP contribution in [0.3, 0.4) is 0 Å². The second kappa shape index (κ2) is 4.43. The van der Waals surface area contributed by atoms with Crippen molar-refractivity contribution in [3.8, 4) is 5.75 Å². The zero-order valence-electron chi connectivity index (χ0n) is 10.0. The highest BCUT2D eigenvalue weighted by Gasteiger charge is 2.39. The third-order valence-corrected chi connectivity index (χ3v) is 4.63. The fourth-order valence-electron chi connectivity index (χ4n) is 3.19. The van der Waals surface area contributed by atoms with Gasteiger partial charge in [-0.25, -0.2) is 0 Å². The Morgan fingerprint density at radius 3 is 2.82 bits per heavy atom. The van der Waals surface area contributed by atoms with Crippen LogP contribution in [0.15, 0.2) is 17.0 Å². The Hall–Kier alpha value is -0.280. The van der Waals surface area contributed by atoms with Crippen molar-refractivity contribution in [3.63, 3.8) is 0 Å². The summed E-state index contributed by atoms with van der Waals surface area (Å²) in [5.41, 5.74) is 2.72. The summed E-state index contributed by atoms with van der Waals surface area (Å²) in [6.45, 7) is 2.13. The van der Waals surface area contributed by atoms with Crippen molar-refractivity contribution in [2.75, 3.05) is 0 Å². The largest absolute Gasteiger partial charge is 0.488 e. The highest BCUT2D eigenvalue weighted by atomic mass is 32.1. The Labute approximate surface area is 114 Å². The molecule has 0 N–H and O–H groups in total. The molecule has 3 heteroatoms. The van der Waals surface area contributed by atoms with E-state index in [2.05, 4.69) is 38.2 Å². The summed E-state index contributed by atoms with van der Waals surface area (Å²) >= 11 is 9.13. The fourth-order valence-corrected chi connectivity index (χ4v) is 3.67. The molecule has 3 unspecified atom stereocenters. The van der Waals surface area contributed by atoms with Gasteiger partial charge in [-0.05, 0) is 37.8 Å². The summed E-state index contributed by atoms with van der Waals surface area (Å²) in [7, 11) is 0. The summed E-state index contributed by atoms with van der Waals surface area (Å²) in [5.74, 6) is 1.61. The first-order chi connectivity index (χ1) is 8.18. The highest BCUT2D eigenvalue weighted by molar-refractivity contribution is 7.80. The molecule has 1 fully saturated rings. The molecule has 0 radical (unpaired) electrons. The van der Waals surface area contributed by atoms with E-state index in [0.29, 0.717) is 12.0 Å². The van der Waals surface area contributed by atoms with E-state index in [-0.39, 0.29) is 5.25 Å². The quantitative estimate of drug-likeness (QED) is 0.717. The van der Waals surface area contributed by atoms with Crippen LogP contribution < -0.4 is 4.74 Å². The lowest BCUT2D eigenvalue weighted by Gasteiger charge is -2.25. The van der Waals surface area contributed by atoms with Crippen LogP contribution in [0.2, 0.25) is 0 Å². The molecule has 1 nitrogen and oxygen atoms in total. The Bertz CT molecular complexity index is 442. The predicted octanol–water partition coefficient (Wildman–Crippen LogP) is 4.38. The van der Waals surface area contributed by atoms with E-state index in [9.17, 15) is 0 Å². The number of ether oxygens (including phenoxy) is 1. The van der Waals surface area contributed by atoms with E-state index < -0.39 is 0 Å². The van der Waals surface area contributed by atoms with Gasteiger partial charge in [0.05, 0.1) is 0 Å². The Morgan fingerprint density at radius 2 is 2.06 bits per heavy atom. The molecule has 0 aromatic heterocycles. The number of hydrogen-bond donors (Lipinski definition) is 2. The van der Waals surface area contributed by atoms with Crippen LogP contribution in [0.1, 0.15) is 54.9 Å². The van der Waals surface area contributed by atoms with Gasteiger partial charge in [-0.2, -0.15) is 12.6 Å². The van der Waals surface area contributed by atoms with Gasteiger partial charge in [0, 0.05) is 21.6 Å². The minimum absolute atomic E-state index is 0.266. The van der Waals surface area contributed by atoms with Crippen molar-refractivity contribution in [2.45, 2.75) is 54.8 Å². The van der Waals surface area contributed by atoms with Gasteiger partial charge in [0.15, 0.2) is 0 Å². The minimum atomic E-state index is 0.266. The molecule has 0 saturated heterocycles. The van der Waals surface area contributed by atoms with Crippen LogP contribution in [-0.2, 0) is 0 Å². The minimum Gasteiger partial charge on any atom is -0.488 e. The molecule has 3 rings (SSSR count). The monoisotopic (exact) mass is 266 g/mol. The van der Waals surface area contributed by atoms with Gasteiger partial charge in [0.25, 0.3) is 0 Å². The van der Waals surface area contributed by atoms with Crippen molar-refractivity contribution >= 4 is 25.3 Å². The van der Waals surface area contributed by atoms with Crippen LogP contribution in [0.4, 0.5) is 0 Å². The average molecular weight is 266 g/mol. The SMILES string of the molecule is CC(S)c1ccc(S)c2c1C1CCCCC1O2. The highest BCUT2D eigenvalue weighted by Crippen LogP contribution is 2.51. The second-order valence-electron chi connectivity index (χ2n) is 5.14. The van der Waals surface area contributed by atoms with Gasteiger partial charge in [-0.15, -0.1) is 12.6 Å². The van der Waals surface area contributed by atoms with Crippen LogP contribution in [0.5, 0.6) is 5.75 Å². The molecular formula is C14H18OS2. The normalized spacial score (nSPS) is 28.2. The van der Waals surface area contributed by atoms with Crippen molar-refractivity contribution < 1.29 is 4.74 Å². The van der Waals surface area contributed by atoms with Crippen LogP contribution in [0, 0.1) is 0 Å². The fraction of sp³-hybridized carbons (Fsp3) is 0.571. The van der Waals surface area contributed by atoms with Gasteiger partial charge in [0.2, 0.25) is 0 Å². The second-order valence-corrected chi connectivity index (χ2v) is 6.40. The Balaban J connectivity index is 2.11. The molecule has 1 aromatic carbocycles. The van der Waals surface area contributed by atoms with Crippen LogP contribution in [-0.4, -0.2) is 6.10 Å². The summed E-state index contributed by atoms with van der Waals surface area (Å²) in [4.78, 5) is 0.979. The van der Waals surface area contributed by atoms with Crippen molar-refractivity contribution in [1.29, 1.82) is 0 Å². The van der Waals surface area contributed by atoms with E-state index in [1.807, 2.05) is 6.07 Å². The molecule has 3 atom stereocenters. The first kappa shape index (κ1) is 11.8. The van der Waals surface area contributed by atoms with Gasteiger partial charge in [-0.1, -0.05) is 12.5 Å². The first-order valence-electron chi connectivity index (χ1n) is 6.39. The Morgan fingerprint density at radius 1 is 1.29 bits per heavy atom. The zero-order chi connectivity index (χ0) is 12.0. The maximum Gasteiger partial charge on any atom is 0.136 e. The molecule has 2 aliphatic rings. The van der Waals surface area contributed by atoms with Crippen molar-refractivity contribution in [2.24, 2.45) is 0 Å². The van der Waals surface area contributed by atoms with Gasteiger partial charge in [0.1, 0.15) is 11.9 Å². The third kappa shape index (κ3) is 1.88. The summed E-state index contributed by atoms with van der Waals surface area (Å²) in [5, 5.41) is 0.266. The standard InChI is InChI=1S/C14H18OS2/c1-8(16)9-6-7-12(17)14-13(9)10-4-2-3-5-11(10)15-14/h6-8,10-11,16-17H,2-5H2,1H3. The molecule has 0 amide bonds. The van der Waals surface area contributed by atoms with E-state index >= 15 is 0 Å². The number of hydrogen-bond acceptors (Lipinski definition) is 3. The van der Waals surface area contributed by atoms with E-state index in [1.54, 1.807) is 0 Å². The zero-order valence-corrected chi connectivity index (χ0v) is 11.8. The lowest BCUT2D eigenvalue weighted by Crippen LogP contribution is -2.22. The molecule has 0 bridgehead atoms. The predicted molar refractivity (Wildman–Crippen MR) is 76.7 cm³/mol. The number of rotatable bonds is 1. The smallest absolute Gasteiger partial charge is 0.136 e. The summed E-state index contributed by atoms with van der Waals surface area (Å²) < 4.78 is 6.12. The van der Waals surface area contributed by atoms with Gasteiger partial charge in [-0.3, -0.25) is 0 Å².